The summed E-state index contributed by atoms with van der Waals surface area (Å²) in [7, 11) is -1.39. The van der Waals surface area contributed by atoms with Crippen molar-refractivity contribution in [2.45, 2.75) is 12.8 Å². The van der Waals surface area contributed by atoms with Crippen molar-refractivity contribution in [2.24, 2.45) is 0 Å². The average Bonchev–Trinajstić information content (AvgIpc) is 3.16. The first-order valence-electron chi connectivity index (χ1n) is 8.99. The van der Waals surface area contributed by atoms with Gasteiger partial charge in [0.25, 0.3) is 0 Å². The highest BCUT2D eigenvalue weighted by Gasteiger charge is 2.39. The number of benzene rings is 1. The monoisotopic (exact) mass is 416 g/mol. The van der Waals surface area contributed by atoms with Crippen LogP contribution < -0.4 is 10.6 Å². The number of hydrogen-bond donors (Lipinski definition) is 1. The Morgan fingerprint density at radius 1 is 1.14 bits per heavy atom. The molecule has 0 atom stereocenters. The molecule has 1 saturated heterocycles. The molecule has 29 heavy (non-hydrogen) atoms. The summed E-state index contributed by atoms with van der Waals surface area (Å²) in [6, 6.07) is 9.56. The van der Waals surface area contributed by atoms with E-state index in [0.717, 1.165) is 5.69 Å². The minimum Gasteiger partial charge on any atom is -0.368 e. The second kappa shape index (κ2) is 7.37. The van der Waals surface area contributed by atoms with Gasteiger partial charge in [0.05, 0.1) is 11.7 Å². The summed E-state index contributed by atoms with van der Waals surface area (Å²) < 4.78 is 30.4. The molecule has 3 heterocycles. The lowest BCUT2D eigenvalue weighted by molar-refractivity contribution is 0.217. The Balaban J connectivity index is 1.55. The van der Waals surface area contributed by atoms with Gasteiger partial charge in [-0.05, 0) is 19.1 Å². The van der Waals surface area contributed by atoms with Crippen molar-refractivity contribution in [3.05, 3.63) is 36.2 Å². The van der Waals surface area contributed by atoms with Crippen molar-refractivity contribution in [3.8, 4) is 11.6 Å². The van der Waals surface area contributed by atoms with Crippen LogP contribution in [0.2, 0.25) is 0 Å². The maximum atomic E-state index is 11.9. The number of aromatic nitrogens is 5. The van der Waals surface area contributed by atoms with E-state index in [0.29, 0.717) is 24.9 Å². The zero-order valence-corrected chi connectivity index (χ0v) is 16.7. The van der Waals surface area contributed by atoms with Gasteiger partial charge in [-0.15, -0.1) is 0 Å². The Hall–Kier alpha value is -3.12. The van der Waals surface area contributed by atoms with E-state index in [-0.39, 0.29) is 29.3 Å². The standard InChI is InChI=1S/C17H20N8O3S/c1-3-29(26,27)25-9-11(10-25)15-19-14(23-28-15)13-20-16(18)22-17(21-13)24(2)12-7-5-4-6-8-12/h4-8,11H,3,9-10H2,1-2H3,(H2,18,20,21,22). The van der Waals surface area contributed by atoms with Gasteiger partial charge >= 0.3 is 0 Å². The summed E-state index contributed by atoms with van der Waals surface area (Å²) in [4.78, 5) is 18.8. The molecule has 1 aliphatic rings. The Morgan fingerprint density at radius 2 is 1.86 bits per heavy atom. The van der Waals surface area contributed by atoms with Crippen LogP contribution in [0.3, 0.4) is 0 Å². The number of anilines is 3. The second-order valence-electron chi connectivity index (χ2n) is 6.58. The fourth-order valence-electron chi connectivity index (χ4n) is 2.89. The highest BCUT2D eigenvalue weighted by Crippen LogP contribution is 2.29. The van der Waals surface area contributed by atoms with Gasteiger partial charge in [0.1, 0.15) is 0 Å². The van der Waals surface area contributed by atoms with Crippen LogP contribution in [0, 0.1) is 0 Å². The molecule has 12 heteroatoms. The molecular weight excluding hydrogens is 396 g/mol. The second-order valence-corrected chi connectivity index (χ2v) is 8.84. The first-order chi connectivity index (χ1) is 13.9. The molecule has 3 aromatic rings. The number of nitrogens with zero attached hydrogens (tertiary/aromatic N) is 7. The van der Waals surface area contributed by atoms with Crippen LogP contribution in [-0.4, -0.2) is 63.7 Å². The van der Waals surface area contributed by atoms with Crippen LogP contribution in [0.5, 0.6) is 0 Å². The summed E-state index contributed by atoms with van der Waals surface area (Å²) in [6.07, 6.45) is 0. The van der Waals surface area contributed by atoms with Gasteiger partial charge in [0.15, 0.2) is 0 Å². The number of sulfonamides is 1. The number of rotatable bonds is 6. The minimum atomic E-state index is -3.21. The lowest BCUT2D eigenvalue weighted by Gasteiger charge is -2.35. The van der Waals surface area contributed by atoms with Crippen molar-refractivity contribution in [1.82, 2.24) is 29.4 Å². The molecule has 0 radical (unpaired) electrons. The molecule has 0 spiro atoms. The zero-order chi connectivity index (χ0) is 20.6. The fourth-order valence-corrected chi connectivity index (χ4v) is 4.07. The van der Waals surface area contributed by atoms with E-state index in [2.05, 4.69) is 25.1 Å². The van der Waals surface area contributed by atoms with Gasteiger partial charge in [-0.1, -0.05) is 23.4 Å². The fraction of sp³-hybridized carbons (Fsp3) is 0.353. The van der Waals surface area contributed by atoms with Crippen molar-refractivity contribution in [1.29, 1.82) is 0 Å². The quantitative estimate of drug-likeness (QED) is 0.618. The number of para-hydroxylation sites is 1. The third-order valence-corrected chi connectivity index (χ3v) is 6.50. The van der Waals surface area contributed by atoms with Crippen LogP contribution in [0.4, 0.5) is 17.6 Å². The largest absolute Gasteiger partial charge is 0.368 e. The average molecular weight is 416 g/mol. The Labute approximate surface area is 167 Å². The van der Waals surface area contributed by atoms with Crippen molar-refractivity contribution >= 4 is 27.6 Å². The Morgan fingerprint density at radius 3 is 2.55 bits per heavy atom. The lowest BCUT2D eigenvalue weighted by atomic mass is 10.0. The minimum absolute atomic E-state index is 0.0305. The molecule has 11 nitrogen and oxygen atoms in total. The van der Waals surface area contributed by atoms with Crippen LogP contribution >= 0.6 is 0 Å². The van der Waals surface area contributed by atoms with E-state index in [1.807, 2.05) is 37.4 Å². The molecule has 0 saturated carbocycles. The SMILES string of the molecule is CCS(=O)(=O)N1CC(c2nc(-c3nc(N)nc(N(C)c4ccccc4)n3)no2)C1. The molecule has 4 rings (SSSR count). The van der Waals surface area contributed by atoms with E-state index in [9.17, 15) is 8.42 Å². The number of hydrogen-bond acceptors (Lipinski definition) is 10. The van der Waals surface area contributed by atoms with E-state index in [1.165, 1.54) is 4.31 Å². The summed E-state index contributed by atoms with van der Waals surface area (Å²) in [5.41, 5.74) is 6.73. The van der Waals surface area contributed by atoms with E-state index < -0.39 is 10.0 Å². The maximum absolute atomic E-state index is 11.9. The normalized spacial score (nSPS) is 15.2. The molecule has 0 unspecified atom stereocenters. The lowest BCUT2D eigenvalue weighted by Crippen LogP contribution is -2.49. The summed E-state index contributed by atoms with van der Waals surface area (Å²) in [5.74, 6) is 0.993. The van der Waals surface area contributed by atoms with Crippen LogP contribution in [0.15, 0.2) is 34.9 Å². The van der Waals surface area contributed by atoms with Crippen molar-refractivity contribution < 1.29 is 12.9 Å². The zero-order valence-electron chi connectivity index (χ0n) is 15.9. The van der Waals surface area contributed by atoms with Gasteiger partial charge in [-0.25, -0.2) is 12.7 Å². The van der Waals surface area contributed by atoms with Crippen LogP contribution in [-0.2, 0) is 10.0 Å². The molecule has 2 aromatic heterocycles. The Bertz CT molecular complexity index is 1110. The topological polar surface area (TPSA) is 144 Å². The Kier molecular flexibility index (Phi) is 4.88. The summed E-state index contributed by atoms with van der Waals surface area (Å²) in [6.45, 7) is 2.25. The molecule has 1 fully saturated rings. The smallest absolute Gasteiger partial charge is 0.240 e. The molecular formula is C17H20N8O3S. The predicted octanol–water partition coefficient (Wildman–Crippen LogP) is 1.02. The summed E-state index contributed by atoms with van der Waals surface area (Å²) >= 11 is 0. The predicted molar refractivity (Wildman–Crippen MR) is 106 cm³/mol. The van der Waals surface area contributed by atoms with E-state index >= 15 is 0 Å². The van der Waals surface area contributed by atoms with E-state index in [1.54, 1.807) is 11.8 Å². The van der Waals surface area contributed by atoms with Gasteiger partial charge in [-0.3, -0.25) is 0 Å². The molecule has 152 valence electrons. The first-order valence-corrected chi connectivity index (χ1v) is 10.6. The molecule has 1 aromatic carbocycles. The van der Waals surface area contributed by atoms with Crippen molar-refractivity contribution in [3.63, 3.8) is 0 Å². The molecule has 0 aliphatic carbocycles. The highest BCUT2D eigenvalue weighted by atomic mass is 32.2. The van der Waals surface area contributed by atoms with Crippen molar-refractivity contribution in [2.75, 3.05) is 36.5 Å². The summed E-state index contributed by atoms with van der Waals surface area (Å²) in [5, 5.41) is 3.93. The molecule has 1 aliphatic heterocycles. The molecule has 0 amide bonds. The van der Waals surface area contributed by atoms with Gasteiger partial charge in [-0.2, -0.15) is 19.9 Å². The van der Waals surface area contributed by atoms with Gasteiger partial charge in [0, 0.05) is 25.8 Å². The number of nitrogens with two attached hydrogens (primary N) is 1. The maximum Gasteiger partial charge on any atom is 0.240 e. The van der Waals surface area contributed by atoms with Crippen LogP contribution in [0.25, 0.3) is 11.6 Å². The third kappa shape index (κ3) is 3.76. The third-order valence-electron chi connectivity index (χ3n) is 4.68. The molecule has 0 bridgehead atoms. The number of nitrogen functional groups attached to an aromatic ring is 1. The van der Waals surface area contributed by atoms with Gasteiger partial charge in [0.2, 0.25) is 39.5 Å². The van der Waals surface area contributed by atoms with Crippen LogP contribution in [0.1, 0.15) is 18.7 Å². The molecule has 2 N–H and O–H groups in total. The first kappa shape index (κ1) is 19.2. The van der Waals surface area contributed by atoms with E-state index in [4.69, 9.17) is 10.3 Å². The highest BCUT2D eigenvalue weighted by molar-refractivity contribution is 7.89. The van der Waals surface area contributed by atoms with Gasteiger partial charge < -0.3 is 15.2 Å².